The standard InChI is InChI=1S/C26H36FN3O4S/c1-7-16-28-25(32)19(2)29(17-20-10-8-9-11-23(20)27)24(31)18-30(35(6,33)34)22-14-12-21(13-15-22)26(3,4)5/h8-15,19H,7,16-18H2,1-6H3,(H,28,32)/t19-/m1/s1. The van der Waals surface area contributed by atoms with E-state index in [9.17, 15) is 22.4 Å². The summed E-state index contributed by atoms with van der Waals surface area (Å²) in [6, 6.07) is 12.0. The summed E-state index contributed by atoms with van der Waals surface area (Å²) in [5.41, 5.74) is 1.46. The fourth-order valence-electron chi connectivity index (χ4n) is 3.53. The summed E-state index contributed by atoms with van der Waals surface area (Å²) in [6.07, 6.45) is 1.74. The minimum absolute atomic E-state index is 0.123. The third-order valence-corrected chi connectivity index (χ3v) is 6.86. The van der Waals surface area contributed by atoms with Gasteiger partial charge in [0.25, 0.3) is 0 Å². The van der Waals surface area contributed by atoms with Gasteiger partial charge >= 0.3 is 0 Å². The van der Waals surface area contributed by atoms with Gasteiger partial charge in [0, 0.05) is 18.7 Å². The number of hydrogen-bond donors (Lipinski definition) is 1. The van der Waals surface area contributed by atoms with Gasteiger partial charge in [0.1, 0.15) is 18.4 Å². The van der Waals surface area contributed by atoms with Crippen LogP contribution in [0.4, 0.5) is 10.1 Å². The molecule has 0 heterocycles. The molecule has 0 spiro atoms. The molecule has 0 unspecified atom stereocenters. The molecular weight excluding hydrogens is 469 g/mol. The smallest absolute Gasteiger partial charge is 0.244 e. The minimum Gasteiger partial charge on any atom is -0.354 e. The van der Waals surface area contributed by atoms with Gasteiger partial charge in [0.15, 0.2) is 0 Å². The highest BCUT2D eigenvalue weighted by Gasteiger charge is 2.30. The van der Waals surface area contributed by atoms with E-state index < -0.39 is 40.2 Å². The maximum Gasteiger partial charge on any atom is 0.244 e. The first-order chi connectivity index (χ1) is 16.3. The van der Waals surface area contributed by atoms with Crippen molar-refractivity contribution in [2.24, 2.45) is 0 Å². The number of hydrogen-bond acceptors (Lipinski definition) is 4. The molecule has 0 aromatic heterocycles. The van der Waals surface area contributed by atoms with Crippen molar-refractivity contribution in [3.05, 3.63) is 65.5 Å². The molecule has 1 N–H and O–H groups in total. The van der Waals surface area contributed by atoms with Crippen LogP contribution in [0, 0.1) is 5.82 Å². The normalized spacial score (nSPS) is 12.7. The molecule has 7 nitrogen and oxygen atoms in total. The number of benzene rings is 2. The molecule has 0 bridgehead atoms. The molecule has 9 heteroatoms. The SMILES string of the molecule is CCCNC(=O)[C@@H](C)N(Cc1ccccc1F)C(=O)CN(c1ccc(C(C)(C)C)cc1)S(C)(=O)=O. The first-order valence-corrected chi connectivity index (χ1v) is 13.5. The zero-order valence-electron chi connectivity index (χ0n) is 21.3. The van der Waals surface area contributed by atoms with Crippen LogP contribution in [0.2, 0.25) is 0 Å². The monoisotopic (exact) mass is 505 g/mol. The molecule has 1 atom stereocenters. The second kappa shape index (κ2) is 11.7. The Morgan fingerprint density at radius 1 is 1.06 bits per heavy atom. The highest BCUT2D eigenvalue weighted by Crippen LogP contribution is 2.26. The number of anilines is 1. The third-order valence-electron chi connectivity index (χ3n) is 5.72. The molecule has 0 radical (unpaired) electrons. The lowest BCUT2D eigenvalue weighted by Gasteiger charge is -2.31. The van der Waals surface area contributed by atoms with E-state index >= 15 is 0 Å². The van der Waals surface area contributed by atoms with Crippen LogP contribution < -0.4 is 9.62 Å². The number of carbonyl (C=O) groups is 2. The highest BCUT2D eigenvalue weighted by molar-refractivity contribution is 7.92. The van der Waals surface area contributed by atoms with Gasteiger partial charge in [-0.1, -0.05) is 58.0 Å². The van der Waals surface area contributed by atoms with Crippen LogP contribution in [-0.4, -0.2) is 50.5 Å². The maximum absolute atomic E-state index is 14.4. The van der Waals surface area contributed by atoms with Gasteiger partial charge in [0.05, 0.1) is 11.9 Å². The predicted molar refractivity (Wildman–Crippen MR) is 137 cm³/mol. The first kappa shape index (κ1) is 28.3. The number of carbonyl (C=O) groups excluding carboxylic acids is 2. The van der Waals surface area contributed by atoms with Crippen molar-refractivity contribution >= 4 is 27.5 Å². The molecular formula is C26H36FN3O4S. The number of amides is 2. The zero-order chi connectivity index (χ0) is 26.4. The number of sulfonamides is 1. The molecule has 0 fully saturated rings. The van der Waals surface area contributed by atoms with Gasteiger partial charge in [-0.05, 0) is 42.5 Å². The lowest BCUT2D eigenvalue weighted by Crippen LogP contribution is -2.51. The summed E-state index contributed by atoms with van der Waals surface area (Å²) >= 11 is 0. The predicted octanol–water partition coefficient (Wildman–Crippen LogP) is 3.83. The number of halogens is 1. The molecule has 0 aliphatic heterocycles. The largest absolute Gasteiger partial charge is 0.354 e. The molecule has 2 rings (SSSR count). The highest BCUT2D eigenvalue weighted by atomic mass is 32.2. The molecule has 2 amide bonds. The van der Waals surface area contributed by atoms with Crippen LogP contribution in [0.25, 0.3) is 0 Å². The molecule has 0 saturated heterocycles. The van der Waals surface area contributed by atoms with Crippen LogP contribution in [0.1, 0.15) is 52.2 Å². The molecule has 0 aliphatic carbocycles. The van der Waals surface area contributed by atoms with Gasteiger partial charge < -0.3 is 10.2 Å². The van der Waals surface area contributed by atoms with Gasteiger partial charge in [-0.3, -0.25) is 13.9 Å². The lowest BCUT2D eigenvalue weighted by atomic mass is 9.87. The van der Waals surface area contributed by atoms with Crippen LogP contribution in [0.5, 0.6) is 0 Å². The molecule has 2 aromatic rings. The Hall–Kier alpha value is -2.94. The second-order valence-corrected chi connectivity index (χ2v) is 11.6. The van der Waals surface area contributed by atoms with E-state index in [1.54, 1.807) is 25.1 Å². The van der Waals surface area contributed by atoms with E-state index in [1.807, 2.05) is 39.8 Å². The Balaban J connectivity index is 2.39. The topological polar surface area (TPSA) is 86.8 Å². The molecule has 2 aromatic carbocycles. The van der Waals surface area contributed by atoms with E-state index in [0.717, 1.165) is 16.1 Å². The van der Waals surface area contributed by atoms with E-state index in [1.165, 1.54) is 23.1 Å². The van der Waals surface area contributed by atoms with E-state index in [4.69, 9.17) is 0 Å². The number of nitrogens with zero attached hydrogens (tertiary/aromatic N) is 2. The summed E-state index contributed by atoms with van der Waals surface area (Å²) in [5.74, 6) is -1.51. The average Bonchev–Trinajstić information content (AvgIpc) is 2.78. The van der Waals surface area contributed by atoms with Crippen molar-refractivity contribution in [2.45, 2.75) is 59.0 Å². The maximum atomic E-state index is 14.4. The Morgan fingerprint density at radius 3 is 2.17 bits per heavy atom. The van der Waals surface area contributed by atoms with E-state index in [-0.39, 0.29) is 17.5 Å². The first-order valence-electron chi connectivity index (χ1n) is 11.6. The molecule has 0 saturated carbocycles. The van der Waals surface area contributed by atoms with Crippen LogP contribution in [-0.2, 0) is 31.6 Å². The minimum atomic E-state index is -3.82. The molecule has 0 aliphatic rings. The lowest BCUT2D eigenvalue weighted by molar-refractivity contribution is -0.139. The summed E-state index contributed by atoms with van der Waals surface area (Å²) in [5, 5.41) is 2.74. The van der Waals surface area contributed by atoms with Crippen molar-refractivity contribution in [2.75, 3.05) is 23.7 Å². The zero-order valence-corrected chi connectivity index (χ0v) is 22.2. The summed E-state index contributed by atoms with van der Waals surface area (Å²) < 4.78 is 40.7. The van der Waals surface area contributed by atoms with E-state index in [2.05, 4.69) is 5.32 Å². The quantitative estimate of drug-likeness (QED) is 0.532. The van der Waals surface area contributed by atoms with Gasteiger partial charge in [-0.2, -0.15) is 0 Å². The molecule has 192 valence electrons. The van der Waals surface area contributed by atoms with Gasteiger partial charge in [0.2, 0.25) is 21.8 Å². The fourth-order valence-corrected chi connectivity index (χ4v) is 4.38. The Labute approximate surface area is 208 Å². The van der Waals surface area contributed by atoms with Gasteiger partial charge in [-0.15, -0.1) is 0 Å². The van der Waals surface area contributed by atoms with Crippen LogP contribution in [0.3, 0.4) is 0 Å². The summed E-state index contributed by atoms with van der Waals surface area (Å²) in [7, 11) is -3.82. The van der Waals surface area contributed by atoms with Crippen molar-refractivity contribution in [3.8, 4) is 0 Å². The van der Waals surface area contributed by atoms with Crippen molar-refractivity contribution in [1.29, 1.82) is 0 Å². The Kier molecular flexibility index (Phi) is 9.43. The van der Waals surface area contributed by atoms with Crippen LogP contribution in [0.15, 0.2) is 48.5 Å². The fraction of sp³-hybridized carbons (Fsp3) is 0.462. The van der Waals surface area contributed by atoms with Crippen molar-refractivity contribution in [1.82, 2.24) is 10.2 Å². The van der Waals surface area contributed by atoms with E-state index in [0.29, 0.717) is 18.7 Å². The third kappa shape index (κ3) is 7.78. The van der Waals surface area contributed by atoms with Gasteiger partial charge in [-0.25, -0.2) is 12.8 Å². The van der Waals surface area contributed by atoms with Crippen molar-refractivity contribution < 1.29 is 22.4 Å². The Bertz CT molecular complexity index is 1130. The summed E-state index contributed by atoms with van der Waals surface area (Å²) in [4.78, 5) is 27.3. The Morgan fingerprint density at radius 2 is 1.66 bits per heavy atom. The summed E-state index contributed by atoms with van der Waals surface area (Å²) in [6.45, 7) is 9.33. The van der Waals surface area contributed by atoms with Crippen LogP contribution >= 0.6 is 0 Å². The molecule has 35 heavy (non-hydrogen) atoms. The van der Waals surface area contributed by atoms with Crippen molar-refractivity contribution in [3.63, 3.8) is 0 Å². The number of rotatable bonds is 10. The number of nitrogens with one attached hydrogen (secondary N) is 1. The second-order valence-electron chi connectivity index (χ2n) is 9.65. The average molecular weight is 506 g/mol.